The van der Waals surface area contributed by atoms with Gasteiger partial charge >= 0.3 is 5.97 Å². The Balaban J connectivity index is 4.63. The number of unbranched alkanes of at least 4 members (excludes halogenated alkanes) is 27. The molecule has 65 heavy (non-hydrogen) atoms. The van der Waals surface area contributed by atoms with Crippen LogP contribution in [0.25, 0.3) is 0 Å². The van der Waals surface area contributed by atoms with Crippen LogP contribution < -0.4 is 5.32 Å². The molecule has 374 valence electrons. The molecular weight excluding hydrogens is 803 g/mol. The minimum atomic E-state index is -0.802. The quantitative estimate of drug-likeness (QED) is 0.0321. The van der Waals surface area contributed by atoms with Gasteiger partial charge < -0.3 is 20.3 Å². The van der Waals surface area contributed by atoms with Crippen molar-refractivity contribution in [3.05, 3.63) is 85.1 Å². The topological polar surface area (TPSA) is 95.9 Å². The van der Waals surface area contributed by atoms with Gasteiger partial charge in [0, 0.05) is 6.42 Å². The smallest absolute Gasteiger partial charge is 0.306 e. The number of hydrogen-bond acceptors (Lipinski definition) is 5. The highest BCUT2D eigenvalue weighted by Crippen LogP contribution is 2.18. The van der Waals surface area contributed by atoms with E-state index in [1.807, 2.05) is 24.3 Å². The third kappa shape index (κ3) is 47.3. The summed E-state index contributed by atoms with van der Waals surface area (Å²) in [6.45, 7) is 6.36. The molecule has 0 saturated heterocycles. The van der Waals surface area contributed by atoms with Crippen LogP contribution in [0, 0.1) is 0 Å². The molecule has 0 aliphatic heterocycles. The van der Waals surface area contributed by atoms with Gasteiger partial charge in [-0.25, -0.2) is 0 Å². The summed E-state index contributed by atoms with van der Waals surface area (Å²) in [6.07, 6.45) is 67.7. The van der Waals surface area contributed by atoms with Crippen molar-refractivity contribution in [1.82, 2.24) is 5.32 Å². The van der Waals surface area contributed by atoms with Gasteiger partial charge in [-0.15, -0.1) is 0 Å². The number of carbonyl (C=O) groups excluding carboxylic acids is 2. The van der Waals surface area contributed by atoms with Gasteiger partial charge in [0.25, 0.3) is 0 Å². The summed E-state index contributed by atoms with van der Waals surface area (Å²) < 4.78 is 5.93. The highest BCUT2D eigenvalue weighted by atomic mass is 16.5. The molecule has 0 saturated carbocycles. The Hall–Kier alpha value is -2.96. The molecular formula is C59H103NO5. The van der Waals surface area contributed by atoms with Gasteiger partial charge in [0.2, 0.25) is 5.91 Å². The van der Waals surface area contributed by atoms with Crippen molar-refractivity contribution in [2.75, 3.05) is 6.61 Å². The standard InChI is InChI=1S/C59H103NO5/c1-4-7-10-13-16-19-22-25-27-28-29-31-34-37-40-43-46-49-52-59(64)65-55(50-47-44-41-38-35-32-24-21-18-15-12-9-6-3)53-58(63)60-56(54-61)57(62)51-48-45-42-39-36-33-30-26-23-20-17-14-11-8-5-2/h10,13,16,18-19,21-22,24-25,27-29,31-32,55-57,61-62H,4-9,11-12,14-15,17,20,23,26,30,33-54H2,1-3H3,(H,60,63)/b13-10+,19-16+,21-18+,25-22+,28-27+,31-29+,32-24+. The first-order valence-corrected chi connectivity index (χ1v) is 27.4. The Labute approximate surface area is 402 Å². The number of amides is 1. The lowest BCUT2D eigenvalue weighted by atomic mass is 10.0. The van der Waals surface area contributed by atoms with Crippen molar-refractivity contribution in [1.29, 1.82) is 0 Å². The fraction of sp³-hybridized carbons (Fsp3) is 0.729. The molecule has 0 aliphatic rings. The Kier molecular flexibility index (Phi) is 49.6. The van der Waals surface area contributed by atoms with E-state index >= 15 is 0 Å². The molecule has 0 radical (unpaired) electrons. The maximum absolute atomic E-state index is 13.2. The lowest BCUT2D eigenvalue weighted by molar-refractivity contribution is -0.151. The minimum Gasteiger partial charge on any atom is -0.462 e. The van der Waals surface area contributed by atoms with Gasteiger partial charge in [-0.3, -0.25) is 9.59 Å². The minimum absolute atomic E-state index is 0.0496. The largest absolute Gasteiger partial charge is 0.462 e. The molecule has 3 atom stereocenters. The molecule has 0 aromatic rings. The van der Waals surface area contributed by atoms with Crippen LogP contribution in [-0.2, 0) is 14.3 Å². The van der Waals surface area contributed by atoms with E-state index in [1.54, 1.807) is 0 Å². The first-order valence-electron chi connectivity index (χ1n) is 27.4. The monoisotopic (exact) mass is 906 g/mol. The molecule has 0 aromatic carbocycles. The number of allylic oxidation sites excluding steroid dienone is 14. The summed E-state index contributed by atoms with van der Waals surface area (Å²) in [4.78, 5) is 26.2. The molecule has 6 heteroatoms. The van der Waals surface area contributed by atoms with E-state index in [0.717, 1.165) is 103 Å². The summed E-state index contributed by atoms with van der Waals surface area (Å²) in [5.74, 6) is -0.524. The maximum Gasteiger partial charge on any atom is 0.306 e. The van der Waals surface area contributed by atoms with Crippen LogP contribution >= 0.6 is 0 Å². The third-order valence-corrected chi connectivity index (χ3v) is 12.1. The average Bonchev–Trinajstić information content (AvgIpc) is 3.30. The number of rotatable bonds is 48. The molecule has 3 unspecified atom stereocenters. The van der Waals surface area contributed by atoms with E-state index in [4.69, 9.17) is 4.74 Å². The lowest BCUT2D eigenvalue weighted by Crippen LogP contribution is -2.46. The molecule has 6 nitrogen and oxygen atoms in total. The molecule has 0 spiro atoms. The van der Waals surface area contributed by atoms with Crippen LogP contribution in [0.15, 0.2) is 85.1 Å². The van der Waals surface area contributed by atoms with E-state index in [0.29, 0.717) is 19.3 Å². The lowest BCUT2D eigenvalue weighted by Gasteiger charge is -2.24. The van der Waals surface area contributed by atoms with Crippen LogP contribution in [0.1, 0.15) is 252 Å². The average molecular weight is 906 g/mol. The van der Waals surface area contributed by atoms with Gasteiger partial charge in [-0.2, -0.15) is 0 Å². The van der Waals surface area contributed by atoms with E-state index in [-0.39, 0.29) is 24.9 Å². The molecule has 0 fully saturated rings. The maximum atomic E-state index is 13.2. The molecule has 0 heterocycles. The fourth-order valence-corrected chi connectivity index (χ4v) is 7.92. The summed E-state index contributed by atoms with van der Waals surface area (Å²) >= 11 is 0. The highest BCUT2D eigenvalue weighted by molar-refractivity contribution is 5.77. The molecule has 0 rings (SSSR count). The first kappa shape index (κ1) is 62.0. The second kappa shape index (κ2) is 52.0. The molecule has 0 aliphatic carbocycles. The van der Waals surface area contributed by atoms with Crippen LogP contribution in [-0.4, -0.2) is 46.9 Å². The van der Waals surface area contributed by atoms with E-state index in [1.165, 1.54) is 103 Å². The molecule has 0 bridgehead atoms. The van der Waals surface area contributed by atoms with Crippen molar-refractivity contribution in [3.8, 4) is 0 Å². The van der Waals surface area contributed by atoms with Crippen molar-refractivity contribution < 1.29 is 24.5 Å². The second-order valence-electron chi connectivity index (χ2n) is 18.4. The van der Waals surface area contributed by atoms with Crippen LogP contribution in [0.5, 0.6) is 0 Å². The van der Waals surface area contributed by atoms with Gasteiger partial charge in [0.05, 0.1) is 25.2 Å². The van der Waals surface area contributed by atoms with Crippen LogP contribution in [0.4, 0.5) is 0 Å². The van der Waals surface area contributed by atoms with E-state index in [9.17, 15) is 19.8 Å². The van der Waals surface area contributed by atoms with E-state index < -0.39 is 18.2 Å². The molecule has 0 aromatic heterocycles. The van der Waals surface area contributed by atoms with E-state index in [2.05, 4.69) is 86.8 Å². The van der Waals surface area contributed by atoms with Gasteiger partial charge in [0.15, 0.2) is 0 Å². The number of carbonyl (C=O) groups is 2. The summed E-state index contributed by atoms with van der Waals surface area (Å²) in [5, 5.41) is 23.8. The number of esters is 1. The van der Waals surface area contributed by atoms with Crippen molar-refractivity contribution in [2.24, 2.45) is 0 Å². The second-order valence-corrected chi connectivity index (χ2v) is 18.4. The SMILES string of the molecule is CCC/C=C/C=C/C=C/C=C/C=C/CCCCCCCC(=O)OC(CCCCCC/C=C/C=C/CCCCC)CC(=O)NC(CO)C(O)CCCCCCCCCCCCCCCCC. The normalized spacial score (nSPS) is 13.9. The number of aliphatic hydroxyl groups excluding tert-OH is 2. The zero-order chi connectivity index (χ0) is 47.4. The predicted molar refractivity (Wildman–Crippen MR) is 282 cm³/mol. The Morgan fingerprint density at radius 3 is 1.29 bits per heavy atom. The highest BCUT2D eigenvalue weighted by Gasteiger charge is 2.24. The molecule has 1 amide bonds. The number of ether oxygens (including phenoxy) is 1. The van der Waals surface area contributed by atoms with Crippen molar-refractivity contribution >= 4 is 11.9 Å². The molecule has 3 N–H and O–H groups in total. The van der Waals surface area contributed by atoms with Crippen LogP contribution in [0.2, 0.25) is 0 Å². The zero-order valence-electron chi connectivity index (χ0n) is 42.6. The first-order chi connectivity index (χ1) is 32.0. The number of hydrogen-bond donors (Lipinski definition) is 3. The Bertz CT molecular complexity index is 1250. The summed E-state index contributed by atoms with van der Waals surface area (Å²) in [6, 6.07) is -0.718. The van der Waals surface area contributed by atoms with Gasteiger partial charge in [0.1, 0.15) is 6.10 Å². The van der Waals surface area contributed by atoms with Crippen molar-refractivity contribution in [2.45, 2.75) is 270 Å². The van der Waals surface area contributed by atoms with Gasteiger partial charge in [-0.05, 0) is 70.6 Å². The fourth-order valence-electron chi connectivity index (χ4n) is 7.92. The van der Waals surface area contributed by atoms with Crippen LogP contribution in [0.3, 0.4) is 0 Å². The predicted octanol–water partition coefficient (Wildman–Crippen LogP) is 16.7. The summed E-state index contributed by atoms with van der Waals surface area (Å²) in [7, 11) is 0. The number of nitrogens with one attached hydrogen (secondary N) is 1. The van der Waals surface area contributed by atoms with Crippen molar-refractivity contribution in [3.63, 3.8) is 0 Å². The summed E-state index contributed by atoms with van der Waals surface area (Å²) in [5.41, 5.74) is 0. The Morgan fingerprint density at radius 2 is 0.815 bits per heavy atom. The zero-order valence-corrected chi connectivity index (χ0v) is 42.6. The number of aliphatic hydroxyl groups is 2. The van der Waals surface area contributed by atoms with Gasteiger partial charge in [-0.1, -0.05) is 254 Å². The third-order valence-electron chi connectivity index (χ3n) is 12.1. The Morgan fingerprint density at radius 1 is 0.446 bits per heavy atom.